The Morgan fingerprint density at radius 1 is 1.20 bits per heavy atom. The molecule has 0 unspecified atom stereocenters. The maximum atomic E-state index is 5.88. The Balaban J connectivity index is 1.97. The minimum Gasteiger partial charge on any atom is -0.378 e. The van der Waals surface area contributed by atoms with Crippen LogP contribution in [0.3, 0.4) is 0 Å². The summed E-state index contributed by atoms with van der Waals surface area (Å²) in [5.74, 6) is 1.52. The molecule has 1 aliphatic rings. The summed E-state index contributed by atoms with van der Waals surface area (Å²) in [5, 5.41) is 7.57. The van der Waals surface area contributed by atoms with E-state index < -0.39 is 0 Å². The number of nitrogens with one attached hydrogen (secondary N) is 1. The maximum absolute atomic E-state index is 5.88. The molecule has 1 aliphatic heterocycles. The smallest absolute Gasteiger partial charge is 0.257 e. The molecule has 3 heterocycles. The fraction of sp³-hybridized carbons (Fsp3) is 0.455. The molecule has 0 aliphatic carbocycles. The van der Waals surface area contributed by atoms with E-state index in [2.05, 4.69) is 30.3 Å². The van der Waals surface area contributed by atoms with Gasteiger partial charge in [0, 0.05) is 20.1 Å². The van der Waals surface area contributed by atoms with Crippen molar-refractivity contribution in [2.75, 3.05) is 43.6 Å². The molecule has 2 aromatic rings. The summed E-state index contributed by atoms with van der Waals surface area (Å²) in [6.45, 7) is 2.85. The van der Waals surface area contributed by atoms with Gasteiger partial charge in [0.1, 0.15) is 0 Å². The summed E-state index contributed by atoms with van der Waals surface area (Å²) >= 11 is 5.88. The van der Waals surface area contributed by atoms with Gasteiger partial charge in [-0.1, -0.05) is 11.6 Å². The molecule has 3 rings (SSSR count). The summed E-state index contributed by atoms with van der Waals surface area (Å²) in [5.41, 5.74) is 0. The minimum absolute atomic E-state index is 0.428. The third kappa shape index (κ3) is 2.66. The average molecular weight is 296 g/mol. The molecule has 0 spiro atoms. The molecule has 106 valence electrons. The van der Waals surface area contributed by atoms with Crippen LogP contribution >= 0.6 is 11.6 Å². The van der Waals surface area contributed by atoms with Crippen molar-refractivity contribution in [2.24, 2.45) is 0 Å². The highest BCUT2D eigenvalue weighted by Gasteiger charge is 2.17. The Hall–Kier alpha value is -1.93. The molecular formula is C11H14ClN7O. The molecule has 0 amide bonds. The van der Waals surface area contributed by atoms with Crippen molar-refractivity contribution in [3.63, 3.8) is 0 Å². The van der Waals surface area contributed by atoms with Gasteiger partial charge in [-0.15, -0.1) is 0 Å². The summed E-state index contributed by atoms with van der Waals surface area (Å²) in [4.78, 5) is 15.1. The van der Waals surface area contributed by atoms with E-state index in [1.807, 2.05) is 0 Å². The highest BCUT2D eigenvalue weighted by atomic mass is 35.5. The maximum Gasteiger partial charge on any atom is 0.257 e. The fourth-order valence-electron chi connectivity index (χ4n) is 1.88. The van der Waals surface area contributed by atoms with Crippen LogP contribution in [-0.2, 0) is 4.74 Å². The second-order valence-electron chi connectivity index (χ2n) is 4.21. The van der Waals surface area contributed by atoms with Gasteiger partial charge in [0.25, 0.3) is 5.95 Å². The Bertz CT molecular complexity index is 596. The van der Waals surface area contributed by atoms with Gasteiger partial charge in [0.05, 0.1) is 30.6 Å². The van der Waals surface area contributed by atoms with Crippen LogP contribution in [0.4, 0.5) is 11.9 Å². The first kappa shape index (κ1) is 13.1. The lowest BCUT2D eigenvalue weighted by molar-refractivity contribution is 0.122. The number of morpholine rings is 1. The van der Waals surface area contributed by atoms with Crippen LogP contribution in [0, 0.1) is 0 Å². The first-order valence-corrected chi connectivity index (χ1v) is 6.61. The van der Waals surface area contributed by atoms with Gasteiger partial charge >= 0.3 is 0 Å². The first-order chi connectivity index (χ1) is 9.76. The number of halogens is 1. The van der Waals surface area contributed by atoms with Gasteiger partial charge < -0.3 is 15.0 Å². The predicted molar refractivity (Wildman–Crippen MR) is 74.5 cm³/mol. The summed E-state index contributed by atoms with van der Waals surface area (Å²) in [6, 6.07) is 0. The molecule has 0 bridgehead atoms. The number of rotatable bonds is 3. The number of nitrogens with zero attached hydrogens (tertiary/aromatic N) is 6. The molecule has 0 saturated carbocycles. The molecule has 20 heavy (non-hydrogen) atoms. The van der Waals surface area contributed by atoms with Crippen LogP contribution in [0.25, 0.3) is 5.95 Å². The van der Waals surface area contributed by atoms with Crippen molar-refractivity contribution < 1.29 is 4.74 Å². The quantitative estimate of drug-likeness (QED) is 0.887. The lowest BCUT2D eigenvalue weighted by Crippen LogP contribution is -2.37. The van der Waals surface area contributed by atoms with Gasteiger partial charge in [-0.05, 0) is 0 Å². The molecule has 1 fully saturated rings. The average Bonchev–Trinajstić information content (AvgIpc) is 2.94. The van der Waals surface area contributed by atoms with Gasteiger partial charge in [0.15, 0.2) is 0 Å². The van der Waals surface area contributed by atoms with Crippen molar-refractivity contribution >= 4 is 23.5 Å². The van der Waals surface area contributed by atoms with Gasteiger partial charge in [-0.3, -0.25) is 0 Å². The third-order valence-electron chi connectivity index (χ3n) is 2.89. The standard InChI is InChI=1S/C11H14ClN7O/c1-13-9-15-10(18-2-4-20-5-3-18)17-11(16-9)19-7-8(12)6-14-19/h6-7H,2-5H2,1H3,(H,13,15,16,17). The van der Waals surface area contributed by atoms with E-state index in [4.69, 9.17) is 16.3 Å². The van der Waals surface area contributed by atoms with Crippen molar-refractivity contribution in [2.45, 2.75) is 0 Å². The molecule has 0 radical (unpaired) electrons. The predicted octanol–water partition coefficient (Wildman–Crippen LogP) is 0.589. The molecule has 1 saturated heterocycles. The molecule has 0 aromatic carbocycles. The number of aromatic nitrogens is 5. The Morgan fingerprint density at radius 3 is 2.60 bits per heavy atom. The van der Waals surface area contributed by atoms with E-state index in [0.29, 0.717) is 36.1 Å². The van der Waals surface area contributed by atoms with Crippen LogP contribution in [0.1, 0.15) is 0 Å². The molecule has 0 atom stereocenters. The second-order valence-corrected chi connectivity index (χ2v) is 4.65. The van der Waals surface area contributed by atoms with E-state index >= 15 is 0 Å². The third-order valence-corrected chi connectivity index (χ3v) is 3.08. The van der Waals surface area contributed by atoms with Crippen LogP contribution in [0.2, 0.25) is 5.02 Å². The molecule has 8 nitrogen and oxygen atoms in total. The van der Waals surface area contributed by atoms with E-state index in [9.17, 15) is 0 Å². The Morgan fingerprint density at radius 2 is 1.95 bits per heavy atom. The van der Waals surface area contributed by atoms with Gasteiger partial charge in [0.2, 0.25) is 11.9 Å². The summed E-state index contributed by atoms with van der Waals surface area (Å²) in [7, 11) is 1.76. The monoisotopic (exact) mass is 295 g/mol. The van der Waals surface area contributed by atoms with Crippen molar-refractivity contribution in [3.8, 4) is 5.95 Å². The van der Waals surface area contributed by atoms with Crippen molar-refractivity contribution in [1.82, 2.24) is 24.7 Å². The molecular weight excluding hydrogens is 282 g/mol. The fourth-order valence-corrected chi connectivity index (χ4v) is 2.02. The first-order valence-electron chi connectivity index (χ1n) is 6.23. The lowest BCUT2D eigenvalue weighted by Gasteiger charge is -2.26. The molecule has 9 heteroatoms. The number of anilines is 2. The van der Waals surface area contributed by atoms with Gasteiger partial charge in [-0.2, -0.15) is 20.1 Å². The Kier molecular flexibility index (Phi) is 3.66. The highest BCUT2D eigenvalue weighted by Crippen LogP contribution is 2.15. The summed E-state index contributed by atoms with van der Waals surface area (Å²) < 4.78 is 6.86. The number of hydrogen-bond acceptors (Lipinski definition) is 7. The van der Waals surface area contributed by atoms with E-state index in [1.165, 1.54) is 4.68 Å². The largest absolute Gasteiger partial charge is 0.378 e. The molecule has 2 aromatic heterocycles. The van der Waals surface area contributed by atoms with Crippen LogP contribution in [0.5, 0.6) is 0 Å². The van der Waals surface area contributed by atoms with Crippen molar-refractivity contribution in [3.05, 3.63) is 17.4 Å². The van der Waals surface area contributed by atoms with Crippen LogP contribution in [-0.4, -0.2) is 58.1 Å². The summed E-state index contributed by atoms with van der Waals surface area (Å²) in [6.07, 6.45) is 3.19. The number of ether oxygens (including phenoxy) is 1. The topological polar surface area (TPSA) is 81.0 Å². The minimum atomic E-state index is 0.428. The number of hydrogen-bond donors (Lipinski definition) is 1. The zero-order valence-corrected chi connectivity index (χ0v) is 11.7. The van der Waals surface area contributed by atoms with Gasteiger partial charge in [-0.25, -0.2) is 4.68 Å². The van der Waals surface area contributed by atoms with Crippen LogP contribution in [0.15, 0.2) is 12.4 Å². The zero-order chi connectivity index (χ0) is 13.9. The van der Waals surface area contributed by atoms with E-state index in [1.54, 1.807) is 19.4 Å². The molecule has 1 N–H and O–H groups in total. The van der Waals surface area contributed by atoms with Crippen LogP contribution < -0.4 is 10.2 Å². The zero-order valence-electron chi connectivity index (χ0n) is 11.0. The SMILES string of the molecule is CNc1nc(N2CCOCC2)nc(-n2cc(Cl)cn2)n1. The van der Waals surface area contributed by atoms with E-state index in [0.717, 1.165) is 13.1 Å². The highest BCUT2D eigenvalue weighted by molar-refractivity contribution is 6.30. The Labute approximate surface area is 120 Å². The lowest BCUT2D eigenvalue weighted by atomic mass is 10.4. The van der Waals surface area contributed by atoms with Crippen molar-refractivity contribution in [1.29, 1.82) is 0 Å². The normalized spacial score (nSPS) is 15.4. The van der Waals surface area contributed by atoms with E-state index in [-0.39, 0.29) is 0 Å². The second kappa shape index (κ2) is 5.59.